The summed E-state index contributed by atoms with van der Waals surface area (Å²) in [4.78, 5) is 16.7. The van der Waals surface area contributed by atoms with Crippen LogP contribution in [0.4, 0.5) is 5.69 Å². The van der Waals surface area contributed by atoms with E-state index < -0.39 is 0 Å². The molecule has 0 spiro atoms. The van der Waals surface area contributed by atoms with Crippen molar-refractivity contribution in [2.24, 2.45) is 0 Å². The van der Waals surface area contributed by atoms with Gasteiger partial charge in [0.1, 0.15) is 11.6 Å². The van der Waals surface area contributed by atoms with Crippen molar-refractivity contribution in [3.63, 3.8) is 0 Å². The molecule has 0 aliphatic carbocycles. The van der Waals surface area contributed by atoms with Crippen LogP contribution in [0.1, 0.15) is 38.8 Å². The van der Waals surface area contributed by atoms with Crippen LogP contribution in [0.5, 0.6) is 0 Å². The van der Waals surface area contributed by atoms with Crippen molar-refractivity contribution in [2.75, 3.05) is 37.7 Å². The Morgan fingerprint density at radius 2 is 2.04 bits per heavy atom. The molecular formula is C22H27N3O2. The second kappa shape index (κ2) is 7.58. The average molecular weight is 365 g/mol. The molecule has 5 nitrogen and oxygen atoms in total. The number of anilines is 1. The van der Waals surface area contributed by atoms with Crippen LogP contribution in [0.15, 0.2) is 29.8 Å². The van der Waals surface area contributed by atoms with E-state index in [1.165, 1.54) is 11.3 Å². The number of likely N-dealkylation sites (N-methyl/N-ethyl adjacent to an activating group) is 1. The zero-order valence-electron chi connectivity index (χ0n) is 16.6. The molecule has 142 valence electrons. The quantitative estimate of drug-likeness (QED) is 0.608. The van der Waals surface area contributed by atoms with Crippen molar-refractivity contribution in [2.45, 2.75) is 33.2 Å². The number of allylic oxidation sites excluding steroid dienone is 1. The Morgan fingerprint density at radius 3 is 2.67 bits per heavy atom. The number of hydrogen-bond acceptors (Lipinski definition) is 4. The first-order valence-electron chi connectivity index (χ1n) is 9.47. The van der Waals surface area contributed by atoms with Crippen molar-refractivity contribution < 1.29 is 9.53 Å². The minimum Gasteiger partial charge on any atom is -0.378 e. The molecule has 2 aliphatic heterocycles. The summed E-state index contributed by atoms with van der Waals surface area (Å²) < 4.78 is 5.29. The summed E-state index contributed by atoms with van der Waals surface area (Å²) in [5.41, 5.74) is 4.57. The van der Waals surface area contributed by atoms with Gasteiger partial charge in [0.05, 0.1) is 18.8 Å². The molecule has 1 fully saturated rings. The summed E-state index contributed by atoms with van der Waals surface area (Å²) in [6.45, 7) is 11.7. The number of benzene rings is 1. The molecule has 2 heterocycles. The maximum atomic E-state index is 12.6. The first-order valence-corrected chi connectivity index (χ1v) is 9.47. The van der Waals surface area contributed by atoms with Crippen LogP contribution in [0.2, 0.25) is 0 Å². The maximum Gasteiger partial charge on any atom is 0.264 e. The molecule has 5 heteroatoms. The summed E-state index contributed by atoms with van der Waals surface area (Å²) >= 11 is 0. The minimum atomic E-state index is -0.220. The van der Waals surface area contributed by atoms with Crippen molar-refractivity contribution in [1.82, 2.24) is 4.90 Å². The van der Waals surface area contributed by atoms with Gasteiger partial charge in [0.15, 0.2) is 0 Å². The molecular weight excluding hydrogens is 338 g/mol. The number of nitrogens with zero attached hydrogens (tertiary/aromatic N) is 3. The van der Waals surface area contributed by atoms with Gasteiger partial charge in [0.2, 0.25) is 0 Å². The number of hydrogen-bond donors (Lipinski definition) is 0. The van der Waals surface area contributed by atoms with E-state index in [9.17, 15) is 10.1 Å². The molecule has 1 aromatic carbocycles. The van der Waals surface area contributed by atoms with Crippen molar-refractivity contribution >= 4 is 23.2 Å². The fourth-order valence-corrected chi connectivity index (χ4v) is 4.01. The van der Waals surface area contributed by atoms with Gasteiger partial charge in [-0.3, -0.25) is 4.79 Å². The van der Waals surface area contributed by atoms with Crippen LogP contribution < -0.4 is 4.90 Å². The summed E-state index contributed by atoms with van der Waals surface area (Å²) in [7, 11) is 0. The fraction of sp³-hybridized carbons (Fsp3) is 0.455. The lowest BCUT2D eigenvalue weighted by Gasteiger charge is -2.42. The molecule has 27 heavy (non-hydrogen) atoms. The third kappa shape index (κ3) is 3.77. The SMILES string of the molecule is CCN1c2ccc(/C=C(/C#N)C(=O)N3CCOCC3)cc2C(C)=CC1(C)C. The number of nitriles is 1. The maximum absolute atomic E-state index is 12.6. The van der Waals surface area contributed by atoms with E-state index in [1.54, 1.807) is 11.0 Å². The van der Waals surface area contributed by atoms with Gasteiger partial charge in [0, 0.05) is 30.9 Å². The van der Waals surface area contributed by atoms with E-state index in [2.05, 4.69) is 56.9 Å². The number of carbonyl (C=O) groups excluding carboxylic acids is 1. The Hall–Kier alpha value is -2.58. The minimum absolute atomic E-state index is 0.0344. The lowest BCUT2D eigenvalue weighted by Crippen LogP contribution is -2.44. The molecule has 0 unspecified atom stereocenters. The highest BCUT2D eigenvalue weighted by atomic mass is 16.5. The normalized spacial score (nSPS) is 19.2. The van der Waals surface area contributed by atoms with Crippen LogP contribution in [0.25, 0.3) is 11.6 Å². The number of carbonyl (C=O) groups is 1. The highest BCUT2D eigenvalue weighted by Gasteiger charge is 2.30. The molecule has 1 amide bonds. The average Bonchev–Trinajstić information content (AvgIpc) is 2.66. The van der Waals surface area contributed by atoms with E-state index in [-0.39, 0.29) is 17.0 Å². The molecule has 3 rings (SSSR count). The number of rotatable bonds is 3. The lowest BCUT2D eigenvalue weighted by molar-refractivity contribution is -0.130. The van der Waals surface area contributed by atoms with Crippen molar-refractivity contribution in [1.29, 1.82) is 5.26 Å². The monoisotopic (exact) mass is 365 g/mol. The van der Waals surface area contributed by atoms with E-state index in [0.717, 1.165) is 17.7 Å². The molecule has 0 atom stereocenters. The standard InChI is InChI=1S/C22H27N3O2/c1-5-25-20-7-6-17(13-19(20)16(2)14-22(25,3)4)12-18(15-23)21(26)24-8-10-27-11-9-24/h6-7,12-14H,5,8-11H2,1-4H3/b18-12-. The van der Waals surface area contributed by atoms with Crippen molar-refractivity contribution in [3.05, 3.63) is 41.0 Å². The number of fused-ring (bicyclic) bond motifs is 1. The van der Waals surface area contributed by atoms with Crippen molar-refractivity contribution in [3.8, 4) is 6.07 Å². The number of amides is 1. The van der Waals surface area contributed by atoms with Gasteiger partial charge in [-0.05, 0) is 57.0 Å². The molecule has 1 saturated heterocycles. The first kappa shape index (κ1) is 19.2. The Morgan fingerprint density at radius 1 is 1.33 bits per heavy atom. The number of ether oxygens (including phenoxy) is 1. The van der Waals surface area contributed by atoms with Gasteiger partial charge in [-0.15, -0.1) is 0 Å². The molecule has 1 aromatic rings. The summed E-state index contributed by atoms with van der Waals surface area (Å²) in [5.74, 6) is -0.220. The molecule has 2 aliphatic rings. The highest BCUT2D eigenvalue weighted by Crippen LogP contribution is 2.39. The van der Waals surface area contributed by atoms with E-state index in [0.29, 0.717) is 26.3 Å². The van der Waals surface area contributed by atoms with Crippen LogP contribution in [-0.2, 0) is 9.53 Å². The number of morpholine rings is 1. The van der Waals surface area contributed by atoms with Gasteiger partial charge in [-0.2, -0.15) is 5.26 Å². The Bertz CT molecular complexity index is 840. The first-order chi connectivity index (χ1) is 12.9. The summed E-state index contributed by atoms with van der Waals surface area (Å²) in [5, 5.41) is 9.51. The second-order valence-electron chi connectivity index (χ2n) is 7.58. The molecule has 0 N–H and O–H groups in total. The lowest BCUT2D eigenvalue weighted by atomic mass is 9.88. The van der Waals surface area contributed by atoms with Crippen LogP contribution in [0, 0.1) is 11.3 Å². The largest absolute Gasteiger partial charge is 0.378 e. The van der Waals surface area contributed by atoms with Gasteiger partial charge in [0.25, 0.3) is 5.91 Å². The third-order valence-corrected chi connectivity index (χ3v) is 5.28. The van der Waals surface area contributed by atoms with E-state index >= 15 is 0 Å². The summed E-state index contributed by atoms with van der Waals surface area (Å²) in [6.07, 6.45) is 3.97. The molecule has 0 radical (unpaired) electrons. The Balaban J connectivity index is 1.94. The van der Waals surface area contributed by atoms with Gasteiger partial charge < -0.3 is 14.5 Å². The smallest absolute Gasteiger partial charge is 0.264 e. The van der Waals surface area contributed by atoms with E-state index in [1.807, 2.05) is 6.07 Å². The third-order valence-electron chi connectivity index (χ3n) is 5.28. The fourth-order valence-electron chi connectivity index (χ4n) is 4.01. The predicted molar refractivity (Wildman–Crippen MR) is 108 cm³/mol. The van der Waals surface area contributed by atoms with Crippen LogP contribution in [0.3, 0.4) is 0 Å². The topological polar surface area (TPSA) is 56.6 Å². The Labute approximate surface area is 161 Å². The van der Waals surface area contributed by atoms with E-state index in [4.69, 9.17) is 4.74 Å². The zero-order chi connectivity index (χ0) is 19.6. The van der Waals surface area contributed by atoms with Gasteiger partial charge in [-0.25, -0.2) is 0 Å². The van der Waals surface area contributed by atoms with Crippen LogP contribution in [-0.4, -0.2) is 49.2 Å². The van der Waals surface area contributed by atoms with Crippen LogP contribution >= 0.6 is 0 Å². The zero-order valence-corrected chi connectivity index (χ0v) is 16.6. The molecule has 0 aromatic heterocycles. The highest BCUT2D eigenvalue weighted by molar-refractivity contribution is 6.02. The Kier molecular flexibility index (Phi) is 5.38. The van der Waals surface area contributed by atoms with Gasteiger partial charge in [-0.1, -0.05) is 12.1 Å². The predicted octanol–water partition coefficient (Wildman–Crippen LogP) is 3.47. The summed E-state index contributed by atoms with van der Waals surface area (Å²) in [6, 6.07) is 8.23. The molecule has 0 saturated carbocycles. The second-order valence-corrected chi connectivity index (χ2v) is 7.58. The molecule has 0 bridgehead atoms. The van der Waals surface area contributed by atoms with Gasteiger partial charge >= 0.3 is 0 Å².